The molecule has 4 rings (SSSR count). The van der Waals surface area contributed by atoms with Gasteiger partial charge >= 0.3 is 0 Å². The summed E-state index contributed by atoms with van der Waals surface area (Å²) in [5.41, 5.74) is 6.33. The number of carbonyl (C=O) groups is 1. The lowest BCUT2D eigenvalue weighted by molar-refractivity contribution is 0.0959. The molecule has 0 radical (unpaired) electrons. The fourth-order valence-electron chi connectivity index (χ4n) is 3.62. The van der Waals surface area contributed by atoms with Crippen molar-refractivity contribution >= 4 is 23.5 Å². The maximum Gasteiger partial charge on any atom is 0.281 e. The minimum absolute atomic E-state index is 0.186. The summed E-state index contributed by atoms with van der Waals surface area (Å²) in [4.78, 5) is 14.5. The molecule has 1 amide bonds. The molecule has 156 valence electrons. The number of aromatic amines is 1. The van der Waals surface area contributed by atoms with Crippen molar-refractivity contribution in [2.45, 2.75) is 26.2 Å². The van der Waals surface area contributed by atoms with Crippen LogP contribution in [0.3, 0.4) is 0 Å². The van der Waals surface area contributed by atoms with Gasteiger partial charge in [0.25, 0.3) is 5.91 Å². The highest BCUT2D eigenvalue weighted by Gasteiger charge is 2.20. The molecule has 1 unspecified atom stereocenters. The number of benzene rings is 1. The van der Waals surface area contributed by atoms with Crippen LogP contribution in [0.15, 0.2) is 35.6 Å². The van der Waals surface area contributed by atoms with E-state index in [4.69, 9.17) is 9.47 Å². The number of methoxy groups -OCH3 is 2. The normalized spacial score (nSPS) is 15.8. The molecule has 1 aliphatic carbocycles. The van der Waals surface area contributed by atoms with Gasteiger partial charge in [-0.25, -0.2) is 5.43 Å². The molecule has 2 heterocycles. The van der Waals surface area contributed by atoms with E-state index >= 15 is 0 Å². The molecule has 2 N–H and O–H groups in total. The summed E-state index contributed by atoms with van der Waals surface area (Å²) in [6, 6.07) is 7.60. The third-order valence-corrected chi connectivity index (χ3v) is 6.47. The van der Waals surface area contributed by atoms with Gasteiger partial charge in [-0.2, -0.15) is 10.2 Å². The van der Waals surface area contributed by atoms with Crippen molar-refractivity contribution in [2.75, 3.05) is 14.2 Å². The monoisotopic (exact) mass is 424 g/mol. The smallest absolute Gasteiger partial charge is 0.281 e. The lowest BCUT2D eigenvalue weighted by Crippen LogP contribution is -2.16. The molecule has 8 heteroatoms. The van der Waals surface area contributed by atoms with Gasteiger partial charge in [0.05, 0.1) is 37.2 Å². The van der Waals surface area contributed by atoms with Gasteiger partial charge in [0, 0.05) is 16.0 Å². The molecule has 2 aromatic heterocycles. The van der Waals surface area contributed by atoms with E-state index in [1.807, 2.05) is 24.3 Å². The molecule has 0 spiro atoms. The van der Waals surface area contributed by atoms with E-state index in [1.165, 1.54) is 16.9 Å². The Balaban J connectivity index is 1.47. The van der Waals surface area contributed by atoms with Crippen LogP contribution < -0.4 is 14.9 Å². The number of amides is 1. The molecule has 1 aliphatic rings. The second-order valence-corrected chi connectivity index (χ2v) is 8.51. The fraction of sp³-hybridized carbons (Fsp3) is 0.318. The maximum atomic E-state index is 12.5. The van der Waals surface area contributed by atoms with E-state index in [0.717, 1.165) is 29.7 Å². The van der Waals surface area contributed by atoms with Crippen LogP contribution in [-0.2, 0) is 12.8 Å². The number of fused-ring (bicyclic) bond motifs is 1. The Morgan fingerprint density at radius 2 is 2.13 bits per heavy atom. The number of rotatable bonds is 6. The quantitative estimate of drug-likeness (QED) is 0.462. The minimum atomic E-state index is -0.186. The van der Waals surface area contributed by atoms with Crippen LogP contribution in [0.5, 0.6) is 11.5 Å². The molecular weight excluding hydrogens is 400 g/mol. The van der Waals surface area contributed by atoms with E-state index in [1.54, 1.807) is 38.0 Å². The van der Waals surface area contributed by atoms with E-state index in [2.05, 4.69) is 27.6 Å². The Morgan fingerprint density at radius 1 is 1.30 bits per heavy atom. The molecule has 1 aromatic carbocycles. The topological polar surface area (TPSA) is 88.6 Å². The number of aryl methyl sites for hydroxylation is 1. The summed E-state index contributed by atoms with van der Waals surface area (Å²) in [7, 11) is 3.19. The average Bonchev–Trinajstić information content (AvgIpc) is 3.39. The second kappa shape index (κ2) is 8.71. The molecule has 0 aliphatic heterocycles. The SMILES string of the molecule is COc1ccc(-c2[nH]ncc2/C=N/NC(=O)c2cc3c(s2)CC(C)CC3)cc1OC. The summed E-state index contributed by atoms with van der Waals surface area (Å²) in [6.07, 6.45) is 6.53. The number of ether oxygens (including phenoxy) is 2. The van der Waals surface area contributed by atoms with Gasteiger partial charge in [0.1, 0.15) is 0 Å². The number of thiophene rings is 1. The molecular formula is C22H24N4O3S. The zero-order valence-electron chi connectivity index (χ0n) is 17.2. The van der Waals surface area contributed by atoms with E-state index < -0.39 is 0 Å². The van der Waals surface area contributed by atoms with E-state index in [0.29, 0.717) is 22.3 Å². The largest absolute Gasteiger partial charge is 0.493 e. The van der Waals surface area contributed by atoms with Crippen LogP contribution >= 0.6 is 11.3 Å². The predicted octanol–water partition coefficient (Wildman–Crippen LogP) is 4.04. The molecule has 0 saturated heterocycles. The number of nitrogens with zero attached hydrogens (tertiary/aromatic N) is 2. The molecule has 30 heavy (non-hydrogen) atoms. The first-order chi connectivity index (χ1) is 14.6. The number of hydrogen-bond donors (Lipinski definition) is 2. The van der Waals surface area contributed by atoms with Crippen LogP contribution in [0.2, 0.25) is 0 Å². The Bertz CT molecular complexity index is 1090. The minimum Gasteiger partial charge on any atom is -0.493 e. The van der Waals surface area contributed by atoms with Crippen LogP contribution in [0.25, 0.3) is 11.3 Å². The first-order valence-electron chi connectivity index (χ1n) is 9.79. The highest BCUT2D eigenvalue weighted by atomic mass is 32.1. The van der Waals surface area contributed by atoms with Crippen LogP contribution in [0.1, 0.15) is 39.0 Å². The molecule has 1 atom stereocenters. The molecule has 0 bridgehead atoms. The number of H-pyrrole nitrogens is 1. The van der Waals surface area contributed by atoms with Crippen molar-refractivity contribution in [2.24, 2.45) is 11.0 Å². The number of aromatic nitrogens is 2. The Labute approximate surface area is 179 Å². The van der Waals surface area contributed by atoms with Crippen molar-refractivity contribution in [3.63, 3.8) is 0 Å². The molecule has 0 saturated carbocycles. The summed E-state index contributed by atoms with van der Waals surface area (Å²) in [6.45, 7) is 2.26. The van der Waals surface area contributed by atoms with Gasteiger partial charge in [-0.1, -0.05) is 6.92 Å². The Hall–Kier alpha value is -3.13. The van der Waals surface area contributed by atoms with Gasteiger partial charge in [0.15, 0.2) is 11.5 Å². The summed E-state index contributed by atoms with van der Waals surface area (Å²) >= 11 is 1.57. The average molecular weight is 425 g/mol. The molecule has 7 nitrogen and oxygen atoms in total. The third-order valence-electron chi connectivity index (χ3n) is 5.27. The highest BCUT2D eigenvalue weighted by Crippen LogP contribution is 2.33. The van der Waals surface area contributed by atoms with Crippen molar-refractivity contribution in [3.8, 4) is 22.8 Å². The second-order valence-electron chi connectivity index (χ2n) is 7.38. The first kappa shape index (κ1) is 20.2. The van der Waals surface area contributed by atoms with E-state index in [-0.39, 0.29) is 5.91 Å². The maximum absolute atomic E-state index is 12.5. The number of hydrazone groups is 1. The van der Waals surface area contributed by atoms with Crippen molar-refractivity contribution in [1.82, 2.24) is 15.6 Å². The molecule has 0 fully saturated rings. The summed E-state index contributed by atoms with van der Waals surface area (Å²) in [5.74, 6) is 1.77. The lowest BCUT2D eigenvalue weighted by atomic mass is 9.90. The first-order valence-corrected chi connectivity index (χ1v) is 10.6. The summed E-state index contributed by atoms with van der Waals surface area (Å²) < 4.78 is 10.7. The van der Waals surface area contributed by atoms with Gasteiger partial charge in [0.2, 0.25) is 0 Å². The fourth-order valence-corrected chi connectivity index (χ4v) is 4.88. The number of hydrogen-bond acceptors (Lipinski definition) is 6. The van der Waals surface area contributed by atoms with Gasteiger partial charge in [-0.15, -0.1) is 11.3 Å². The zero-order valence-corrected chi connectivity index (χ0v) is 18.0. The number of carbonyl (C=O) groups excluding carboxylic acids is 1. The van der Waals surface area contributed by atoms with Crippen LogP contribution in [0.4, 0.5) is 0 Å². The standard InChI is InChI=1S/C22H24N4O3S/c1-13-4-5-14-10-20(30-19(14)8-13)22(27)26-24-12-16-11-23-25-21(16)15-6-7-17(28-2)18(9-15)29-3/h6-7,9-13H,4-5,8H2,1-3H3,(H,23,25)(H,26,27)/b24-12+. The van der Waals surface area contributed by atoms with E-state index in [9.17, 15) is 4.79 Å². The third kappa shape index (κ3) is 4.09. The van der Waals surface area contributed by atoms with Crippen molar-refractivity contribution in [3.05, 3.63) is 51.3 Å². The van der Waals surface area contributed by atoms with Crippen molar-refractivity contribution < 1.29 is 14.3 Å². The number of nitrogens with one attached hydrogen (secondary N) is 2. The van der Waals surface area contributed by atoms with Gasteiger partial charge < -0.3 is 9.47 Å². The molecule has 3 aromatic rings. The van der Waals surface area contributed by atoms with Crippen molar-refractivity contribution in [1.29, 1.82) is 0 Å². The Kier molecular flexibility index (Phi) is 5.85. The predicted molar refractivity (Wildman–Crippen MR) is 118 cm³/mol. The van der Waals surface area contributed by atoms with Crippen LogP contribution in [0, 0.1) is 5.92 Å². The van der Waals surface area contributed by atoms with Gasteiger partial charge in [-0.3, -0.25) is 9.89 Å². The summed E-state index contributed by atoms with van der Waals surface area (Å²) in [5, 5.41) is 11.2. The zero-order chi connectivity index (χ0) is 21.1. The lowest BCUT2D eigenvalue weighted by Gasteiger charge is -2.16. The van der Waals surface area contributed by atoms with Crippen LogP contribution in [-0.4, -0.2) is 36.5 Å². The highest BCUT2D eigenvalue weighted by molar-refractivity contribution is 7.14. The Morgan fingerprint density at radius 3 is 2.93 bits per heavy atom. The van der Waals surface area contributed by atoms with Gasteiger partial charge in [-0.05, 0) is 55.0 Å².